The van der Waals surface area contributed by atoms with Crippen LogP contribution in [0, 0.1) is 5.41 Å². The van der Waals surface area contributed by atoms with Crippen molar-refractivity contribution in [1.82, 2.24) is 9.80 Å². The SMILES string of the molecule is CCCN(C)C(=N)N(C)C.Cl. The van der Waals surface area contributed by atoms with E-state index in [4.69, 9.17) is 5.41 Å². The lowest BCUT2D eigenvalue weighted by Crippen LogP contribution is -2.37. The van der Waals surface area contributed by atoms with E-state index in [1.165, 1.54) is 0 Å². The topological polar surface area (TPSA) is 30.3 Å². The van der Waals surface area contributed by atoms with Crippen LogP contribution >= 0.6 is 12.4 Å². The first kappa shape index (κ1) is 13.2. The Bertz CT molecular complexity index is 114. The second kappa shape index (κ2) is 6.28. The Morgan fingerprint density at radius 1 is 1.27 bits per heavy atom. The van der Waals surface area contributed by atoms with Crippen molar-refractivity contribution in [2.45, 2.75) is 13.3 Å². The molecule has 0 unspecified atom stereocenters. The van der Waals surface area contributed by atoms with E-state index < -0.39 is 0 Å². The van der Waals surface area contributed by atoms with Gasteiger partial charge < -0.3 is 9.80 Å². The monoisotopic (exact) mass is 179 g/mol. The molecule has 0 aromatic heterocycles. The summed E-state index contributed by atoms with van der Waals surface area (Å²) in [5.74, 6) is 0.571. The van der Waals surface area contributed by atoms with E-state index >= 15 is 0 Å². The third-order valence-corrected chi connectivity index (χ3v) is 1.34. The van der Waals surface area contributed by atoms with Crippen molar-refractivity contribution in [1.29, 1.82) is 5.41 Å². The van der Waals surface area contributed by atoms with Crippen LogP contribution in [0.4, 0.5) is 0 Å². The Hall–Kier alpha value is -0.440. The molecule has 0 aromatic rings. The number of nitrogens with one attached hydrogen (secondary N) is 1. The molecule has 68 valence electrons. The second-order valence-electron chi connectivity index (χ2n) is 2.64. The predicted octanol–water partition coefficient (Wildman–Crippen LogP) is 1.25. The molecule has 0 radical (unpaired) electrons. The van der Waals surface area contributed by atoms with E-state index in [0.717, 1.165) is 13.0 Å². The molecule has 0 bridgehead atoms. The standard InChI is InChI=1S/C7H17N3.ClH/c1-5-6-10(4)7(8)9(2)3;/h8H,5-6H2,1-4H3;1H. The van der Waals surface area contributed by atoms with E-state index in [2.05, 4.69) is 6.92 Å². The second-order valence-corrected chi connectivity index (χ2v) is 2.64. The molecular weight excluding hydrogens is 162 g/mol. The van der Waals surface area contributed by atoms with Crippen molar-refractivity contribution < 1.29 is 0 Å². The van der Waals surface area contributed by atoms with Crippen LogP contribution in [0.1, 0.15) is 13.3 Å². The minimum Gasteiger partial charge on any atom is -0.349 e. The van der Waals surface area contributed by atoms with Gasteiger partial charge in [-0.2, -0.15) is 0 Å². The fourth-order valence-electron chi connectivity index (χ4n) is 0.783. The summed E-state index contributed by atoms with van der Waals surface area (Å²) in [5.41, 5.74) is 0. The number of nitrogens with zero attached hydrogens (tertiary/aromatic N) is 2. The van der Waals surface area contributed by atoms with Crippen LogP contribution in [-0.4, -0.2) is 43.4 Å². The number of hydrogen-bond donors (Lipinski definition) is 1. The molecule has 4 heteroatoms. The van der Waals surface area contributed by atoms with Crippen molar-refractivity contribution in [3.63, 3.8) is 0 Å². The average molecular weight is 180 g/mol. The number of hydrogen-bond acceptors (Lipinski definition) is 1. The van der Waals surface area contributed by atoms with Crippen LogP contribution in [0.3, 0.4) is 0 Å². The molecule has 0 rings (SSSR count). The van der Waals surface area contributed by atoms with E-state index in [1.54, 1.807) is 4.90 Å². The molecule has 0 aliphatic carbocycles. The zero-order valence-electron chi connectivity index (χ0n) is 7.72. The van der Waals surface area contributed by atoms with Gasteiger partial charge in [0.1, 0.15) is 0 Å². The van der Waals surface area contributed by atoms with Gasteiger partial charge in [0, 0.05) is 27.7 Å². The molecule has 0 aliphatic rings. The third kappa shape index (κ3) is 4.90. The van der Waals surface area contributed by atoms with Gasteiger partial charge in [0.15, 0.2) is 5.96 Å². The largest absolute Gasteiger partial charge is 0.349 e. The normalized spacial score (nSPS) is 8.36. The van der Waals surface area contributed by atoms with Crippen molar-refractivity contribution >= 4 is 18.4 Å². The highest BCUT2D eigenvalue weighted by Crippen LogP contribution is 1.89. The zero-order valence-corrected chi connectivity index (χ0v) is 8.53. The van der Waals surface area contributed by atoms with E-state index in [0.29, 0.717) is 5.96 Å². The van der Waals surface area contributed by atoms with Crippen LogP contribution in [-0.2, 0) is 0 Å². The fraction of sp³-hybridized carbons (Fsp3) is 0.857. The minimum absolute atomic E-state index is 0. The Kier molecular flexibility index (Phi) is 7.52. The third-order valence-electron chi connectivity index (χ3n) is 1.34. The summed E-state index contributed by atoms with van der Waals surface area (Å²) in [6, 6.07) is 0. The fourth-order valence-corrected chi connectivity index (χ4v) is 0.783. The summed E-state index contributed by atoms with van der Waals surface area (Å²) in [6.45, 7) is 3.07. The molecule has 0 heterocycles. The maximum Gasteiger partial charge on any atom is 0.192 e. The lowest BCUT2D eigenvalue weighted by molar-refractivity contribution is 0.419. The predicted molar refractivity (Wildman–Crippen MR) is 51.6 cm³/mol. The molecule has 0 spiro atoms. The highest BCUT2D eigenvalue weighted by molar-refractivity contribution is 5.85. The first-order valence-electron chi connectivity index (χ1n) is 3.56. The molecule has 11 heavy (non-hydrogen) atoms. The molecular formula is C7H18ClN3. The van der Waals surface area contributed by atoms with Crippen molar-refractivity contribution in [2.75, 3.05) is 27.7 Å². The van der Waals surface area contributed by atoms with Gasteiger partial charge in [-0.25, -0.2) is 0 Å². The number of halogens is 1. The zero-order chi connectivity index (χ0) is 8.15. The minimum atomic E-state index is 0. The summed E-state index contributed by atoms with van der Waals surface area (Å²) in [4.78, 5) is 3.73. The maximum atomic E-state index is 7.50. The van der Waals surface area contributed by atoms with Crippen molar-refractivity contribution in [2.24, 2.45) is 0 Å². The molecule has 0 amide bonds. The van der Waals surface area contributed by atoms with Gasteiger partial charge in [-0.3, -0.25) is 5.41 Å². The Labute approximate surface area is 75.3 Å². The Morgan fingerprint density at radius 3 is 2.00 bits per heavy atom. The summed E-state index contributed by atoms with van der Waals surface area (Å²) in [5, 5.41) is 7.50. The maximum absolute atomic E-state index is 7.50. The lowest BCUT2D eigenvalue weighted by Gasteiger charge is -2.24. The van der Waals surface area contributed by atoms with Gasteiger partial charge in [-0.05, 0) is 6.42 Å². The van der Waals surface area contributed by atoms with E-state index in [9.17, 15) is 0 Å². The first-order valence-corrected chi connectivity index (χ1v) is 3.56. The molecule has 0 aliphatic heterocycles. The number of rotatable bonds is 2. The lowest BCUT2D eigenvalue weighted by atomic mass is 10.4. The van der Waals surface area contributed by atoms with Crippen LogP contribution in [0.25, 0.3) is 0 Å². The first-order chi connectivity index (χ1) is 4.59. The van der Waals surface area contributed by atoms with E-state index in [-0.39, 0.29) is 12.4 Å². The van der Waals surface area contributed by atoms with Gasteiger partial charge in [-0.15, -0.1) is 12.4 Å². The van der Waals surface area contributed by atoms with E-state index in [1.807, 2.05) is 26.0 Å². The summed E-state index contributed by atoms with van der Waals surface area (Å²) < 4.78 is 0. The molecule has 0 atom stereocenters. The van der Waals surface area contributed by atoms with Gasteiger partial charge in [0.25, 0.3) is 0 Å². The molecule has 0 saturated heterocycles. The highest BCUT2D eigenvalue weighted by atomic mass is 35.5. The molecule has 0 aromatic carbocycles. The van der Waals surface area contributed by atoms with Crippen LogP contribution in [0.15, 0.2) is 0 Å². The molecule has 0 fully saturated rings. The summed E-state index contributed by atoms with van der Waals surface area (Å²) in [6.07, 6.45) is 1.09. The smallest absolute Gasteiger partial charge is 0.192 e. The van der Waals surface area contributed by atoms with Gasteiger partial charge >= 0.3 is 0 Å². The van der Waals surface area contributed by atoms with Crippen LogP contribution in [0.2, 0.25) is 0 Å². The van der Waals surface area contributed by atoms with Crippen molar-refractivity contribution in [3.05, 3.63) is 0 Å². The molecule has 3 nitrogen and oxygen atoms in total. The van der Waals surface area contributed by atoms with Crippen LogP contribution in [0.5, 0.6) is 0 Å². The Balaban J connectivity index is 0. The van der Waals surface area contributed by atoms with Crippen LogP contribution < -0.4 is 0 Å². The average Bonchev–Trinajstić information content (AvgIpc) is 1.87. The summed E-state index contributed by atoms with van der Waals surface area (Å²) >= 11 is 0. The molecule has 0 saturated carbocycles. The molecule has 1 N–H and O–H groups in total. The van der Waals surface area contributed by atoms with Gasteiger partial charge in [-0.1, -0.05) is 6.92 Å². The summed E-state index contributed by atoms with van der Waals surface area (Å²) in [7, 11) is 5.70. The highest BCUT2D eigenvalue weighted by Gasteiger charge is 2.02. The van der Waals surface area contributed by atoms with Gasteiger partial charge in [0.2, 0.25) is 0 Å². The van der Waals surface area contributed by atoms with Crippen molar-refractivity contribution in [3.8, 4) is 0 Å². The quantitative estimate of drug-likeness (QED) is 0.511. The Morgan fingerprint density at radius 2 is 1.73 bits per heavy atom. The number of guanidine groups is 1. The van der Waals surface area contributed by atoms with Gasteiger partial charge in [0.05, 0.1) is 0 Å².